The second-order valence-corrected chi connectivity index (χ2v) is 5.56. The van der Waals surface area contributed by atoms with Crippen molar-refractivity contribution in [3.63, 3.8) is 0 Å². The van der Waals surface area contributed by atoms with Crippen molar-refractivity contribution in [2.24, 2.45) is 5.84 Å². The van der Waals surface area contributed by atoms with Gasteiger partial charge >= 0.3 is 0 Å². The number of methoxy groups -OCH3 is 1. The molecule has 0 atom stereocenters. The molecule has 0 saturated heterocycles. The molecule has 1 heterocycles. The van der Waals surface area contributed by atoms with E-state index in [0.29, 0.717) is 5.92 Å². The van der Waals surface area contributed by atoms with Gasteiger partial charge in [-0.2, -0.15) is 0 Å². The van der Waals surface area contributed by atoms with Gasteiger partial charge in [0, 0.05) is 31.0 Å². The molecule has 0 radical (unpaired) electrons. The molecule has 1 aromatic rings. The number of thioether (sulfide) groups is 1. The number of nitrogens with one attached hydrogen (secondary N) is 1. The van der Waals surface area contributed by atoms with Crippen LogP contribution in [0.2, 0.25) is 0 Å². The molecule has 100 valence electrons. The molecule has 5 nitrogen and oxygen atoms in total. The van der Waals surface area contributed by atoms with Crippen LogP contribution in [0.5, 0.6) is 0 Å². The van der Waals surface area contributed by atoms with E-state index in [4.69, 9.17) is 10.6 Å². The van der Waals surface area contributed by atoms with Crippen LogP contribution in [-0.4, -0.2) is 29.4 Å². The highest BCUT2D eigenvalue weighted by atomic mass is 32.2. The molecule has 2 rings (SSSR count). The third kappa shape index (κ3) is 3.34. The van der Waals surface area contributed by atoms with Gasteiger partial charge in [-0.05, 0) is 26.2 Å². The number of aromatic nitrogens is 2. The van der Waals surface area contributed by atoms with E-state index < -0.39 is 0 Å². The first kappa shape index (κ1) is 13.6. The van der Waals surface area contributed by atoms with Crippen molar-refractivity contribution in [2.45, 2.75) is 37.1 Å². The van der Waals surface area contributed by atoms with Crippen molar-refractivity contribution in [2.75, 3.05) is 24.9 Å². The average molecular weight is 268 g/mol. The van der Waals surface area contributed by atoms with Gasteiger partial charge in [-0.15, -0.1) is 11.8 Å². The molecule has 0 amide bonds. The lowest BCUT2D eigenvalue weighted by atomic mass is 10.3. The van der Waals surface area contributed by atoms with Gasteiger partial charge < -0.3 is 10.2 Å². The van der Waals surface area contributed by atoms with E-state index in [1.54, 1.807) is 18.9 Å². The molecule has 0 unspecified atom stereocenters. The van der Waals surface area contributed by atoms with Crippen molar-refractivity contribution in [1.29, 1.82) is 0 Å². The Morgan fingerprint density at radius 1 is 1.44 bits per heavy atom. The van der Waals surface area contributed by atoms with Crippen LogP contribution in [0.3, 0.4) is 0 Å². The van der Waals surface area contributed by atoms with Crippen LogP contribution in [0, 0.1) is 6.92 Å². The maximum Gasteiger partial charge on any atom is 0.147 e. The number of rotatable bonds is 7. The van der Waals surface area contributed by atoms with Crippen LogP contribution >= 0.6 is 11.8 Å². The molecule has 0 aromatic carbocycles. The highest BCUT2D eigenvalue weighted by molar-refractivity contribution is 7.99. The van der Waals surface area contributed by atoms with Gasteiger partial charge in [0.1, 0.15) is 16.7 Å². The van der Waals surface area contributed by atoms with Crippen LogP contribution in [0.15, 0.2) is 5.03 Å². The topological polar surface area (TPSA) is 73.1 Å². The Hall–Kier alpha value is -0.850. The van der Waals surface area contributed by atoms with E-state index >= 15 is 0 Å². The number of nitrogens with two attached hydrogens (primary N) is 1. The van der Waals surface area contributed by atoms with E-state index in [-0.39, 0.29) is 0 Å². The Morgan fingerprint density at radius 3 is 2.83 bits per heavy atom. The standard InChI is InChI=1S/C12H20N4OS/c1-8-10(16-13)14-11(9-4-5-9)15-12(8)18-7-3-6-17-2/h9H,3-7,13H2,1-2H3,(H,14,15,16). The average Bonchev–Trinajstić information content (AvgIpc) is 3.20. The Bertz CT molecular complexity index is 409. The highest BCUT2D eigenvalue weighted by Crippen LogP contribution is 2.39. The maximum atomic E-state index is 5.52. The summed E-state index contributed by atoms with van der Waals surface area (Å²) in [5.74, 6) is 8.74. The fourth-order valence-corrected chi connectivity index (χ4v) is 2.62. The number of nitrogens with zero attached hydrogens (tertiary/aromatic N) is 2. The summed E-state index contributed by atoms with van der Waals surface area (Å²) in [5, 5.41) is 1.04. The van der Waals surface area contributed by atoms with Crippen molar-refractivity contribution in [3.8, 4) is 0 Å². The summed E-state index contributed by atoms with van der Waals surface area (Å²) in [5.41, 5.74) is 3.70. The quantitative estimate of drug-likeness (QED) is 0.259. The molecule has 1 saturated carbocycles. The summed E-state index contributed by atoms with van der Waals surface area (Å²) >= 11 is 1.75. The van der Waals surface area contributed by atoms with Crippen LogP contribution in [0.1, 0.15) is 36.6 Å². The zero-order valence-corrected chi connectivity index (χ0v) is 11.7. The van der Waals surface area contributed by atoms with Gasteiger partial charge in [-0.25, -0.2) is 15.8 Å². The predicted molar refractivity (Wildman–Crippen MR) is 73.8 cm³/mol. The van der Waals surface area contributed by atoms with Crippen LogP contribution in [-0.2, 0) is 4.74 Å². The Morgan fingerprint density at radius 2 is 2.22 bits per heavy atom. The molecule has 1 aliphatic rings. The first-order chi connectivity index (χ1) is 8.76. The molecule has 1 fully saturated rings. The fourth-order valence-electron chi connectivity index (χ4n) is 1.69. The summed E-state index contributed by atoms with van der Waals surface area (Å²) < 4.78 is 5.05. The second kappa shape index (κ2) is 6.36. The van der Waals surface area contributed by atoms with Crippen molar-refractivity contribution < 1.29 is 4.74 Å². The monoisotopic (exact) mass is 268 g/mol. The van der Waals surface area contributed by atoms with Crippen molar-refractivity contribution in [1.82, 2.24) is 9.97 Å². The Kier molecular flexibility index (Phi) is 4.79. The van der Waals surface area contributed by atoms with Gasteiger partial charge in [0.2, 0.25) is 0 Å². The van der Waals surface area contributed by atoms with E-state index in [0.717, 1.165) is 41.0 Å². The smallest absolute Gasteiger partial charge is 0.147 e. The number of hydrogen-bond acceptors (Lipinski definition) is 6. The van der Waals surface area contributed by atoms with Gasteiger partial charge in [0.15, 0.2) is 0 Å². The minimum atomic E-state index is 0.538. The van der Waals surface area contributed by atoms with Crippen LogP contribution in [0.4, 0.5) is 5.82 Å². The molecular formula is C12H20N4OS. The van der Waals surface area contributed by atoms with Gasteiger partial charge in [-0.1, -0.05) is 0 Å². The molecule has 0 spiro atoms. The lowest BCUT2D eigenvalue weighted by molar-refractivity contribution is 0.200. The molecule has 3 N–H and O–H groups in total. The lowest BCUT2D eigenvalue weighted by Gasteiger charge is -2.11. The van der Waals surface area contributed by atoms with E-state index in [2.05, 4.69) is 15.4 Å². The summed E-state index contributed by atoms with van der Waals surface area (Å²) in [6.45, 7) is 2.79. The van der Waals surface area contributed by atoms with Crippen LogP contribution in [0.25, 0.3) is 0 Å². The maximum absolute atomic E-state index is 5.52. The largest absolute Gasteiger partial charge is 0.385 e. The fraction of sp³-hybridized carbons (Fsp3) is 0.667. The molecule has 18 heavy (non-hydrogen) atoms. The molecule has 0 aliphatic heterocycles. The number of ether oxygens (including phenoxy) is 1. The minimum Gasteiger partial charge on any atom is -0.385 e. The SMILES string of the molecule is COCCCSc1nc(C2CC2)nc(NN)c1C. The summed E-state index contributed by atoms with van der Waals surface area (Å²) in [7, 11) is 1.72. The lowest BCUT2D eigenvalue weighted by Crippen LogP contribution is -2.13. The third-order valence-corrected chi connectivity index (χ3v) is 4.09. The zero-order valence-electron chi connectivity index (χ0n) is 10.9. The van der Waals surface area contributed by atoms with Crippen molar-refractivity contribution in [3.05, 3.63) is 11.4 Å². The summed E-state index contributed by atoms with van der Waals surface area (Å²) in [6.07, 6.45) is 3.41. The number of hydrogen-bond donors (Lipinski definition) is 2. The Balaban J connectivity index is 2.08. The minimum absolute atomic E-state index is 0.538. The van der Waals surface area contributed by atoms with Gasteiger partial charge in [-0.3, -0.25) is 0 Å². The first-order valence-electron chi connectivity index (χ1n) is 6.23. The molecule has 1 aliphatic carbocycles. The first-order valence-corrected chi connectivity index (χ1v) is 7.21. The Labute approximate surface area is 112 Å². The zero-order chi connectivity index (χ0) is 13.0. The van der Waals surface area contributed by atoms with Crippen LogP contribution < -0.4 is 11.3 Å². The van der Waals surface area contributed by atoms with E-state index in [9.17, 15) is 0 Å². The summed E-state index contributed by atoms with van der Waals surface area (Å²) in [6, 6.07) is 0. The number of anilines is 1. The number of hydrazine groups is 1. The molecular weight excluding hydrogens is 248 g/mol. The van der Waals surface area contributed by atoms with Gasteiger partial charge in [0.05, 0.1) is 0 Å². The summed E-state index contributed by atoms with van der Waals surface area (Å²) in [4.78, 5) is 9.13. The molecule has 0 bridgehead atoms. The van der Waals surface area contributed by atoms with E-state index in [1.165, 1.54) is 12.8 Å². The van der Waals surface area contributed by atoms with Crippen molar-refractivity contribution >= 4 is 17.6 Å². The molecule has 1 aromatic heterocycles. The second-order valence-electron chi connectivity index (χ2n) is 4.47. The highest BCUT2D eigenvalue weighted by Gasteiger charge is 2.28. The van der Waals surface area contributed by atoms with E-state index in [1.807, 2.05) is 6.92 Å². The molecule has 6 heteroatoms. The third-order valence-electron chi connectivity index (χ3n) is 2.93. The number of nitrogen functional groups attached to an aromatic ring is 1. The van der Waals surface area contributed by atoms with Gasteiger partial charge in [0.25, 0.3) is 0 Å². The normalized spacial score (nSPS) is 14.8. The predicted octanol–water partition coefficient (Wildman–Crippen LogP) is 2.08.